The molecule has 0 aromatic carbocycles. The number of nitrogens with zero attached hydrogens (tertiary/aromatic N) is 4. The maximum Gasteiger partial charge on any atom is 0.260 e. The van der Waals surface area contributed by atoms with E-state index in [2.05, 4.69) is 15.6 Å². The number of hydrogen-bond acceptors (Lipinski definition) is 7. The van der Waals surface area contributed by atoms with Crippen LogP contribution in [0.15, 0.2) is 23.2 Å². The Morgan fingerprint density at radius 3 is 2.77 bits per heavy atom. The minimum atomic E-state index is -0.640. The molecular weight excluding hydrogens is 338 g/mol. The average molecular weight is 361 g/mol. The van der Waals surface area contributed by atoms with E-state index in [4.69, 9.17) is 16.0 Å². The van der Waals surface area contributed by atoms with Crippen molar-refractivity contribution in [3.05, 3.63) is 29.9 Å². The van der Waals surface area contributed by atoms with Gasteiger partial charge in [0.15, 0.2) is 0 Å². The second-order valence-corrected chi connectivity index (χ2v) is 6.38. The lowest BCUT2D eigenvalue weighted by Crippen LogP contribution is -2.50. The highest BCUT2D eigenvalue weighted by Crippen LogP contribution is 2.23. The lowest BCUT2D eigenvalue weighted by atomic mass is 10.0. The van der Waals surface area contributed by atoms with Crippen LogP contribution >= 0.6 is 0 Å². The summed E-state index contributed by atoms with van der Waals surface area (Å²) >= 11 is 0. The summed E-state index contributed by atoms with van der Waals surface area (Å²) in [6, 6.07) is -0.477. The summed E-state index contributed by atoms with van der Waals surface area (Å²) in [5, 5.41) is 10.8. The number of amides is 2. The minimum absolute atomic E-state index is 0.108. The van der Waals surface area contributed by atoms with E-state index in [1.54, 1.807) is 24.2 Å². The molecule has 0 bridgehead atoms. The SMILES string of the molecule is Cc1nocc1C(=O)Nc1cnn(C2CCN(C(=O)[C@@H](N)CN)CC2)c1. The Balaban J connectivity index is 1.57. The monoisotopic (exact) mass is 361 g/mol. The molecule has 2 amide bonds. The van der Waals surface area contributed by atoms with Gasteiger partial charge in [-0.2, -0.15) is 5.10 Å². The summed E-state index contributed by atoms with van der Waals surface area (Å²) in [6.45, 7) is 3.07. The van der Waals surface area contributed by atoms with Gasteiger partial charge in [0.1, 0.15) is 11.8 Å². The summed E-state index contributed by atoms with van der Waals surface area (Å²) in [5.41, 5.74) is 12.7. The molecule has 140 valence electrons. The summed E-state index contributed by atoms with van der Waals surface area (Å²) in [5.74, 6) is -0.400. The van der Waals surface area contributed by atoms with Crippen molar-refractivity contribution in [2.45, 2.75) is 31.8 Å². The Labute approximate surface area is 150 Å². The Morgan fingerprint density at radius 1 is 1.42 bits per heavy atom. The van der Waals surface area contributed by atoms with Crippen LogP contribution in [-0.2, 0) is 4.79 Å². The lowest BCUT2D eigenvalue weighted by Gasteiger charge is -2.33. The second-order valence-electron chi connectivity index (χ2n) is 6.38. The summed E-state index contributed by atoms with van der Waals surface area (Å²) in [6.07, 6.45) is 6.23. The van der Waals surface area contributed by atoms with Crippen molar-refractivity contribution in [2.24, 2.45) is 11.5 Å². The Morgan fingerprint density at radius 2 is 2.15 bits per heavy atom. The molecule has 1 aliphatic heterocycles. The molecule has 0 spiro atoms. The summed E-state index contributed by atoms with van der Waals surface area (Å²) in [7, 11) is 0. The Hall–Kier alpha value is -2.72. The van der Waals surface area contributed by atoms with Crippen LogP contribution in [0, 0.1) is 6.92 Å². The van der Waals surface area contributed by atoms with Gasteiger partial charge in [-0.25, -0.2) is 0 Å². The van der Waals surface area contributed by atoms with Crippen LogP contribution in [0.2, 0.25) is 0 Å². The van der Waals surface area contributed by atoms with Crippen LogP contribution in [-0.4, -0.2) is 57.3 Å². The van der Waals surface area contributed by atoms with Gasteiger partial charge in [-0.05, 0) is 19.8 Å². The van der Waals surface area contributed by atoms with E-state index < -0.39 is 6.04 Å². The number of rotatable bonds is 5. The number of aromatic nitrogens is 3. The van der Waals surface area contributed by atoms with Gasteiger partial charge in [-0.1, -0.05) is 5.16 Å². The molecule has 1 atom stereocenters. The molecule has 5 N–H and O–H groups in total. The van der Waals surface area contributed by atoms with Crippen LogP contribution in [0.3, 0.4) is 0 Å². The quantitative estimate of drug-likeness (QED) is 0.673. The van der Waals surface area contributed by atoms with Gasteiger partial charge < -0.3 is 26.2 Å². The van der Waals surface area contributed by atoms with Crippen molar-refractivity contribution in [3.8, 4) is 0 Å². The first-order chi connectivity index (χ1) is 12.5. The predicted molar refractivity (Wildman–Crippen MR) is 93.3 cm³/mol. The Bertz CT molecular complexity index is 776. The topological polar surface area (TPSA) is 145 Å². The Kier molecular flexibility index (Phi) is 5.33. The fourth-order valence-electron chi connectivity index (χ4n) is 3.00. The molecule has 2 aromatic rings. The zero-order chi connectivity index (χ0) is 18.7. The van der Waals surface area contributed by atoms with Crippen molar-refractivity contribution in [3.63, 3.8) is 0 Å². The van der Waals surface area contributed by atoms with Crippen LogP contribution in [0.25, 0.3) is 0 Å². The third kappa shape index (κ3) is 3.75. The first kappa shape index (κ1) is 18.1. The molecule has 10 heteroatoms. The molecule has 0 saturated carbocycles. The van der Waals surface area contributed by atoms with E-state index in [1.807, 2.05) is 4.68 Å². The molecule has 1 aliphatic rings. The van der Waals surface area contributed by atoms with Gasteiger partial charge in [0.25, 0.3) is 5.91 Å². The van der Waals surface area contributed by atoms with E-state index in [0.717, 1.165) is 12.8 Å². The first-order valence-electron chi connectivity index (χ1n) is 8.50. The fourth-order valence-corrected chi connectivity index (χ4v) is 3.00. The van der Waals surface area contributed by atoms with Crippen LogP contribution in [0.5, 0.6) is 0 Å². The molecule has 0 radical (unpaired) electrons. The number of carbonyl (C=O) groups is 2. The number of carbonyl (C=O) groups excluding carboxylic acids is 2. The summed E-state index contributed by atoms with van der Waals surface area (Å²) < 4.78 is 6.60. The van der Waals surface area contributed by atoms with E-state index in [0.29, 0.717) is 30.0 Å². The van der Waals surface area contributed by atoms with Crippen LogP contribution < -0.4 is 16.8 Å². The average Bonchev–Trinajstić information content (AvgIpc) is 3.29. The highest BCUT2D eigenvalue weighted by molar-refractivity contribution is 6.04. The highest BCUT2D eigenvalue weighted by Gasteiger charge is 2.27. The summed E-state index contributed by atoms with van der Waals surface area (Å²) in [4.78, 5) is 26.0. The van der Waals surface area contributed by atoms with E-state index >= 15 is 0 Å². The highest BCUT2D eigenvalue weighted by atomic mass is 16.5. The van der Waals surface area contributed by atoms with Gasteiger partial charge in [-0.15, -0.1) is 0 Å². The fraction of sp³-hybridized carbons (Fsp3) is 0.500. The molecule has 1 saturated heterocycles. The predicted octanol–water partition coefficient (Wildman–Crippen LogP) is -0.119. The zero-order valence-corrected chi connectivity index (χ0v) is 14.6. The zero-order valence-electron chi connectivity index (χ0n) is 14.6. The van der Waals surface area contributed by atoms with Gasteiger partial charge in [0.05, 0.1) is 29.7 Å². The largest absolute Gasteiger partial charge is 0.364 e. The molecule has 10 nitrogen and oxygen atoms in total. The van der Waals surface area contributed by atoms with Crippen molar-refractivity contribution in [2.75, 3.05) is 25.0 Å². The molecule has 2 aromatic heterocycles. The third-order valence-corrected chi connectivity index (χ3v) is 4.58. The number of aryl methyl sites for hydroxylation is 1. The van der Waals surface area contributed by atoms with Crippen molar-refractivity contribution in [1.82, 2.24) is 19.8 Å². The van der Waals surface area contributed by atoms with Gasteiger partial charge in [0, 0.05) is 25.8 Å². The number of hydrogen-bond donors (Lipinski definition) is 3. The molecule has 0 unspecified atom stereocenters. The first-order valence-corrected chi connectivity index (χ1v) is 8.50. The van der Waals surface area contributed by atoms with Gasteiger partial charge in [-0.3, -0.25) is 14.3 Å². The smallest absolute Gasteiger partial charge is 0.260 e. The van der Waals surface area contributed by atoms with E-state index in [-0.39, 0.29) is 24.4 Å². The molecule has 26 heavy (non-hydrogen) atoms. The van der Waals surface area contributed by atoms with Crippen molar-refractivity contribution in [1.29, 1.82) is 0 Å². The molecule has 1 fully saturated rings. The van der Waals surface area contributed by atoms with E-state index in [1.165, 1.54) is 6.26 Å². The van der Waals surface area contributed by atoms with Crippen LogP contribution in [0.4, 0.5) is 5.69 Å². The van der Waals surface area contributed by atoms with Gasteiger partial charge >= 0.3 is 0 Å². The molecule has 0 aliphatic carbocycles. The number of likely N-dealkylation sites (tertiary alicyclic amines) is 1. The van der Waals surface area contributed by atoms with Crippen molar-refractivity contribution >= 4 is 17.5 Å². The molecule has 3 heterocycles. The van der Waals surface area contributed by atoms with Crippen LogP contribution in [0.1, 0.15) is 34.9 Å². The minimum Gasteiger partial charge on any atom is -0.364 e. The maximum absolute atomic E-state index is 12.2. The maximum atomic E-state index is 12.2. The standard InChI is InChI=1S/C16H23N7O3/c1-10-13(9-26-21-10)15(24)20-11-7-19-23(8-11)12-2-4-22(5-3-12)16(25)14(18)6-17/h7-9,12,14H,2-6,17-18H2,1H3,(H,20,24)/t14-/m0/s1. The van der Waals surface area contributed by atoms with Gasteiger partial charge in [0.2, 0.25) is 5.91 Å². The van der Waals surface area contributed by atoms with Crippen molar-refractivity contribution < 1.29 is 14.1 Å². The third-order valence-electron chi connectivity index (χ3n) is 4.58. The number of nitrogens with two attached hydrogens (primary N) is 2. The lowest BCUT2D eigenvalue weighted by molar-refractivity contribution is -0.133. The second kappa shape index (κ2) is 7.67. The number of anilines is 1. The normalized spacial score (nSPS) is 16.5. The number of nitrogens with one attached hydrogen (secondary N) is 1. The molecular formula is C16H23N7O3. The molecule has 3 rings (SSSR count). The number of piperidine rings is 1. The van der Waals surface area contributed by atoms with E-state index in [9.17, 15) is 9.59 Å².